The maximum atomic E-state index is 13.1. The second-order valence-corrected chi connectivity index (χ2v) is 4.67. The van der Waals surface area contributed by atoms with Crippen LogP contribution in [0.2, 0.25) is 0 Å². The summed E-state index contributed by atoms with van der Waals surface area (Å²) in [4.78, 5) is 14.0. The molecule has 0 saturated heterocycles. The highest BCUT2D eigenvalue weighted by atomic mass is 19.1. The van der Waals surface area contributed by atoms with Crippen LogP contribution in [0.4, 0.5) is 10.1 Å². The molecule has 0 saturated carbocycles. The van der Waals surface area contributed by atoms with Gasteiger partial charge in [-0.05, 0) is 23.8 Å². The fraction of sp³-hybridized carbons (Fsp3) is 0.188. The van der Waals surface area contributed by atoms with E-state index in [1.807, 2.05) is 30.3 Å². The zero-order valence-electron chi connectivity index (χ0n) is 11.5. The number of nitrogen functional groups attached to an aromatic ring is 1. The van der Waals surface area contributed by atoms with Crippen molar-refractivity contribution in [1.82, 2.24) is 4.90 Å². The second kappa shape index (κ2) is 6.85. The molecular weight excluding hydrogens is 271 g/mol. The van der Waals surface area contributed by atoms with Crippen LogP contribution >= 0.6 is 0 Å². The van der Waals surface area contributed by atoms with Gasteiger partial charge in [0, 0.05) is 18.8 Å². The van der Waals surface area contributed by atoms with Crippen molar-refractivity contribution in [2.75, 3.05) is 18.9 Å². The number of nitrogens with zero attached hydrogens (tertiary/aromatic N) is 1. The summed E-state index contributed by atoms with van der Waals surface area (Å²) in [6.45, 7) is 0.390. The third-order valence-corrected chi connectivity index (χ3v) is 3.12. The molecule has 0 atom stereocenters. The molecule has 2 rings (SSSR count). The molecule has 0 heterocycles. The Bertz CT molecular complexity index is 617. The largest absolute Gasteiger partial charge is 0.398 e. The summed E-state index contributed by atoms with van der Waals surface area (Å²) < 4.78 is 13.1. The lowest BCUT2D eigenvalue weighted by atomic mass is 10.1. The van der Waals surface area contributed by atoms with Crippen LogP contribution < -0.4 is 5.73 Å². The maximum absolute atomic E-state index is 13.1. The van der Waals surface area contributed by atoms with Crippen molar-refractivity contribution in [2.24, 2.45) is 0 Å². The van der Waals surface area contributed by atoms with Crippen molar-refractivity contribution in [3.63, 3.8) is 0 Å². The molecule has 0 aliphatic rings. The average Bonchev–Trinajstić information content (AvgIpc) is 2.47. The Morgan fingerprint density at radius 3 is 2.52 bits per heavy atom. The van der Waals surface area contributed by atoms with Gasteiger partial charge in [-0.2, -0.15) is 0 Å². The fourth-order valence-corrected chi connectivity index (χ4v) is 2.08. The van der Waals surface area contributed by atoms with Gasteiger partial charge < -0.3 is 15.7 Å². The molecule has 0 unspecified atom stereocenters. The van der Waals surface area contributed by atoms with E-state index in [9.17, 15) is 9.18 Å². The van der Waals surface area contributed by atoms with Crippen LogP contribution in [-0.4, -0.2) is 29.1 Å². The second-order valence-electron chi connectivity index (χ2n) is 4.67. The van der Waals surface area contributed by atoms with Crippen molar-refractivity contribution < 1.29 is 14.3 Å². The molecule has 0 bridgehead atoms. The van der Waals surface area contributed by atoms with Gasteiger partial charge in [0.25, 0.3) is 5.91 Å². The van der Waals surface area contributed by atoms with E-state index < -0.39 is 5.82 Å². The van der Waals surface area contributed by atoms with Crippen LogP contribution in [-0.2, 0) is 6.54 Å². The van der Waals surface area contributed by atoms with Crippen LogP contribution in [0.15, 0.2) is 48.5 Å². The highest BCUT2D eigenvalue weighted by Crippen LogP contribution is 2.17. The van der Waals surface area contributed by atoms with Gasteiger partial charge in [0.05, 0.1) is 12.2 Å². The Morgan fingerprint density at radius 2 is 1.90 bits per heavy atom. The van der Waals surface area contributed by atoms with Gasteiger partial charge >= 0.3 is 0 Å². The van der Waals surface area contributed by atoms with Crippen LogP contribution in [0.1, 0.15) is 15.9 Å². The molecule has 0 fully saturated rings. The molecule has 1 amide bonds. The number of hydrogen-bond acceptors (Lipinski definition) is 3. The summed E-state index contributed by atoms with van der Waals surface area (Å²) in [7, 11) is 0. The predicted molar refractivity (Wildman–Crippen MR) is 79.1 cm³/mol. The number of hydrogen-bond donors (Lipinski definition) is 2. The van der Waals surface area contributed by atoms with E-state index in [4.69, 9.17) is 10.8 Å². The number of nitrogens with two attached hydrogens (primary N) is 1. The number of aliphatic hydroxyl groups excluding tert-OH is 1. The lowest BCUT2D eigenvalue weighted by molar-refractivity contribution is 0.0709. The van der Waals surface area contributed by atoms with E-state index in [-0.39, 0.29) is 30.3 Å². The SMILES string of the molecule is Nc1cc(F)ccc1C(=O)N(CCO)Cc1ccccc1. The minimum Gasteiger partial charge on any atom is -0.398 e. The minimum absolute atomic E-state index is 0.0935. The number of aliphatic hydroxyl groups is 1. The van der Waals surface area contributed by atoms with Gasteiger partial charge in [0.2, 0.25) is 0 Å². The predicted octanol–water partition coefficient (Wildman–Crippen LogP) is 2.04. The minimum atomic E-state index is -0.485. The Balaban J connectivity index is 2.23. The van der Waals surface area contributed by atoms with E-state index >= 15 is 0 Å². The molecule has 2 aromatic rings. The van der Waals surface area contributed by atoms with E-state index in [0.29, 0.717) is 6.54 Å². The maximum Gasteiger partial charge on any atom is 0.256 e. The quantitative estimate of drug-likeness (QED) is 0.827. The Morgan fingerprint density at radius 1 is 1.19 bits per heavy atom. The highest BCUT2D eigenvalue weighted by Gasteiger charge is 2.18. The summed E-state index contributed by atoms with van der Waals surface area (Å²) in [5.74, 6) is -0.814. The van der Waals surface area contributed by atoms with E-state index in [1.165, 1.54) is 17.0 Å². The van der Waals surface area contributed by atoms with Gasteiger partial charge in [-0.3, -0.25) is 4.79 Å². The third-order valence-electron chi connectivity index (χ3n) is 3.12. The van der Waals surface area contributed by atoms with Gasteiger partial charge in [-0.25, -0.2) is 4.39 Å². The summed E-state index contributed by atoms with van der Waals surface area (Å²) in [6, 6.07) is 13.1. The van der Waals surface area contributed by atoms with Crippen molar-refractivity contribution >= 4 is 11.6 Å². The summed E-state index contributed by atoms with van der Waals surface area (Å²) in [6.07, 6.45) is 0. The van der Waals surface area contributed by atoms with Gasteiger partial charge in [-0.1, -0.05) is 30.3 Å². The number of carbonyl (C=O) groups excluding carboxylic acids is 1. The van der Waals surface area contributed by atoms with Gasteiger partial charge in [0.15, 0.2) is 0 Å². The van der Waals surface area contributed by atoms with E-state index in [2.05, 4.69) is 0 Å². The molecule has 3 N–H and O–H groups in total. The van der Waals surface area contributed by atoms with Crippen molar-refractivity contribution in [3.05, 3.63) is 65.5 Å². The molecule has 0 radical (unpaired) electrons. The first-order chi connectivity index (χ1) is 10.1. The fourth-order valence-electron chi connectivity index (χ4n) is 2.08. The number of amides is 1. The summed E-state index contributed by atoms with van der Waals surface area (Å²) in [5, 5.41) is 9.14. The third kappa shape index (κ3) is 3.79. The monoisotopic (exact) mass is 288 g/mol. The van der Waals surface area contributed by atoms with Crippen molar-refractivity contribution in [1.29, 1.82) is 0 Å². The molecule has 4 nitrogen and oxygen atoms in total. The molecule has 2 aromatic carbocycles. The molecule has 5 heteroatoms. The lowest BCUT2D eigenvalue weighted by Gasteiger charge is -2.22. The number of carbonyl (C=O) groups is 1. The van der Waals surface area contributed by atoms with Crippen LogP contribution in [0.5, 0.6) is 0 Å². The van der Waals surface area contributed by atoms with Crippen molar-refractivity contribution in [2.45, 2.75) is 6.54 Å². The van der Waals surface area contributed by atoms with Crippen LogP contribution in [0, 0.1) is 5.82 Å². The molecule has 0 aromatic heterocycles. The van der Waals surface area contributed by atoms with Crippen LogP contribution in [0.3, 0.4) is 0 Å². The Hall–Kier alpha value is -2.40. The lowest BCUT2D eigenvalue weighted by Crippen LogP contribution is -2.33. The normalized spacial score (nSPS) is 10.4. The highest BCUT2D eigenvalue weighted by molar-refractivity contribution is 5.99. The first-order valence-electron chi connectivity index (χ1n) is 6.61. The molecule has 21 heavy (non-hydrogen) atoms. The molecular formula is C16H17FN2O2. The van der Waals surface area contributed by atoms with Crippen LogP contribution in [0.25, 0.3) is 0 Å². The smallest absolute Gasteiger partial charge is 0.256 e. The standard InChI is InChI=1S/C16H17FN2O2/c17-13-6-7-14(15(18)10-13)16(21)19(8-9-20)11-12-4-2-1-3-5-12/h1-7,10,20H,8-9,11,18H2. The first kappa shape index (κ1) is 15.0. The van der Waals surface area contributed by atoms with E-state index in [1.54, 1.807) is 0 Å². The van der Waals surface area contributed by atoms with Gasteiger partial charge in [-0.15, -0.1) is 0 Å². The molecule has 0 spiro atoms. The number of benzene rings is 2. The Kier molecular flexibility index (Phi) is 4.90. The number of rotatable bonds is 5. The summed E-state index contributed by atoms with van der Waals surface area (Å²) >= 11 is 0. The first-order valence-corrected chi connectivity index (χ1v) is 6.61. The molecule has 0 aliphatic heterocycles. The van der Waals surface area contributed by atoms with Crippen molar-refractivity contribution in [3.8, 4) is 0 Å². The van der Waals surface area contributed by atoms with E-state index in [0.717, 1.165) is 11.6 Å². The van der Waals surface area contributed by atoms with Gasteiger partial charge in [0.1, 0.15) is 5.82 Å². The molecule has 0 aliphatic carbocycles. The zero-order valence-corrected chi connectivity index (χ0v) is 11.5. The summed E-state index contributed by atoms with van der Waals surface area (Å²) in [5.41, 5.74) is 6.97. The number of halogens is 1. The Labute approximate surface area is 122 Å². The molecule has 110 valence electrons. The topological polar surface area (TPSA) is 66.6 Å². The average molecular weight is 288 g/mol. The zero-order chi connectivity index (χ0) is 15.2. The number of anilines is 1.